The van der Waals surface area contributed by atoms with Gasteiger partial charge in [-0.15, -0.1) is 0 Å². The topological polar surface area (TPSA) is 78.5 Å². The van der Waals surface area contributed by atoms with Gasteiger partial charge in [-0.2, -0.15) is 4.31 Å². The highest BCUT2D eigenvalue weighted by Crippen LogP contribution is 2.18. The maximum atomic E-state index is 13.6. The van der Waals surface area contributed by atoms with Gasteiger partial charge in [-0.3, -0.25) is 0 Å². The summed E-state index contributed by atoms with van der Waals surface area (Å²) in [5.41, 5.74) is 0.301. The summed E-state index contributed by atoms with van der Waals surface area (Å²) in [4.78, 5) is 11.5. The molecule has 0 bridgehead atoms. The summed E-state index contributed by atoms with van der Waals surface area (Å²) in [6.45, 7) is 0.197. The van der Waals surface area contributed by atoms with Crippen LogP contribution >= 0.6 is 0 Å². The highest BCUT2D eigenvalue weighted by atomic mass is 32.2. The van der Waals surface area contributed by atoms with Crippen LogP contribution in [0.25, 0.3) is 0 Å². The maximum Gasteiger partial charge on any atom is 0.315 e. The standard InChI is InChI=1S/C14H20FN3O3S/c1-22(20,21)18(10-11-4-2-3-5-13(11)15)9-8-16-14(19)17-12-6-7-12/h2-5,12H,6-10H2,1H3,(H2,16,17,19). The molecular weight excluding hydrogens is 309 g/mol. The highest BCUT2D eigenvalue weighted by Gasteiger charge is 2.23. The molecule has 6 nitrogen and oxygen atoms in total. The number of hydrogen-bond donors (Lipinski definition) is 2. The summed E-state index contributed by atoms with van der Waals surface area (Å²) in [7, 11) is -3.49. The summed E-state index contributed by atoms with van der Waals surface area (Å²) in [5, 5.41) is 5.35. The largest absolute Gasteiger partial charge is 0.337 e. The third-order valence-corrected chi connectivity index (χ3v) is 4.58. The van der Waals surface area contributed by atoms with Gasteiger partial charge >= 0.3 is 6.03 Å². The van der Waals surface area contributed by atoms with E-state index in [-0.39, 0.29) is 31.7 Å². The molecule has 1 aliphatic carbocycles. The van der Waals surface area contributed by atoms with Gasteiger partial charge in [-0.25, -0.2) is 17.6 Å². The SMILES string of the molecule is CS(=O)(=O)N(CCNC(=O)NC1CC1)Cc1ccccc1F. The molecule has 0 unspecified atom stereocenters. The van der Waals surface area contributed by atoms with Gasteiger partial charge in [0.25, 0.3) is 0 Å². The second-order valence-electron chi connectivity index (χ2n) is 5.36. The van der Waals surface area contributed by atoms with E-state index in [0.717, 1.165) is 23.4 Å². The first-order chi connectivity index (χ1) is 10.4. The molecule has 1 fully saturated rings. The van der Waals surface area contributed by atoms with E-state index < -0.39 is 15.8 Å². The molecule has 22 heavy (non-hydrogen) atoms. The van der Waals surface area contributed by atoms with Crippen LogP contribution in [0.2, 0.25) is 0 Å². The van der Waals surface area contributed by atoms with E-state index in [4.69, 9.17) is 0 Å². The van der Waals surface area contributed by atoms with Crippen molar-refractivity contribution >= 4 is 16.1 Å². The maximum absolute atomic E-state index is 13.6. The number of carbonyl (C=O) groups excluding carboxylic acids is 1. The Hall–Kier alpha value is -1.67. The van der Waals surface area contributed by atoms with Gasteiger partial charge in [0, 0.05) is 31.2 Å². The number of sulfonamides is 1. The van der Waals surface area contributed by atoms with E-state index in [0.29, 0.717) is 5.56 Å². The van der Waals surface area contributed by atoms with Gasteiger partial charge in [0.2, 0.25) is 10.0 Å². The summed E-state index contributed by atoms with van der Waals surface area (Å²) in [6.07, 6.45) is 3.03. The van der Waals surface area contributed by atoms with Crippen molar-refractivity contribution < 1.29 is 17.6 Å². The van der Waals surface area contributed by atoms with Crippen molar-refractivity contribution in [1.82, 2.24) is 14.9 Å². The molecule has 2 rings (SSSR count). The number of halogens is 1. The lowest BCUT2D eigenvalue weighted by Crippen LogP contribution is -2.42. The third kappa shape index (κ3) is 5.27. The number of rotatable bonds is 7. The molecule has 2 amide bonds. The van der Waals surface area contributed by atoms with E-state index in [1.54, 1.807) is 18.2 Å². The Balaban J connectivity index is 1.89. The molecule has 0 radical (unpaired) electrons. The fourth-order valence-electron chi connectivity index (χ4n) is 1.94. The second kappa shape index (κ2) is 7.06. The van der Waals surface area contributed by atoms with Gasteiger partial charge in [0.05, 0.1) is 6.26 Å². The molecule has 0 spiro atoms. The van der Waals surface area contributed by atoms with Crippen LogP contribution in [-0.4, -0.2) is 44.1 Å². The predicted molar refractivity (Wildman–Crippen MR) is 81.2 cm³/mol. The number of benzene rings is 1. The third-order valence-electron chi connectivity index (χ3n) is 3.33. The molecule has 8 heteroatoms. The minimum absolute atomic E-state index is 0.0581. The highest BCUT2D eigenvalue weighted by molar-refractivity contribution is 7.88. The molecular formula is C14H20FN3O3S. The Morgan fingerprint density at radius 2 is 2.05 bits per heavy atom. The Morgan fingerprint density at radius 1 is 1.36 bits per heavy atom. The van der Waals surface area contributed by atoms with Crippen LogP contribution < -0.4 is 10.6 Å². The second-order valence-corrected chi connectivity index (χ2v) is 7.34. The van der Waals surface area contributed by atoms with Crippen molar-refractivity contribution in [2.24, 2.45) is 0 Å². The summed E-state index contributed by atoms with van der Waals surface area (Å²) >= 11 is 0. The Bertz CT molecular complexity index is 632. The van der Waals surface area contributed by atoms with Gasteiger partial charge in [-0.1, -0.05) is 18.2 Å². The fourth-order valence-corrected chi connectivity index (χ4v) is 2.73. The van der Waals surface area contributed by atoms with Crippen LogP contribution in [0, 0.1) is 5.82 Å². The number of urea groups is 1. The van der Waals surface area contributed by atoms with Gasteiger partial charge < -0.3 is 10.6 Å². The number of hydrogen-bond acceptors (Lipinski definition) is 3. The molecule has 0 heterocycles. The molecule has 0 atom stereocenters. The number of nitrogens with one attached hydrogen (secondary N) is 2. The van der Waals surface area contributed by atoms with Crippen LogP contribution in [0.1, 0.15) is 18.4 Å². The average molecular weight is 329 g/mol. The number of amides is 2. The smallest absolute Gasteiger partial charge is 0.315 e. The molecule has 0 saturated heterocycles. The van der Waals surface area contributed by atoms with Gasteiger partial charge in [0.1, 0.15) is 5.82 Å². The van der Waals surface area contributed by atoms with Crippen molar-refractivity contribution in [3.8, 4) is 0 Å². The van der Waals surface area contributed by atoms with Crippen molar-refractivity contribution in [2.45, 2.75) is 25.4 Å². The van der Waals surface area contributed by atoms with Crippen LogP contribution in [-0.2, 0) is 16.6 Å². The van der Waals surface area contributed by atoms with Crippen LogP contribution in [0.5, 0.6) is 0 Å². The van der Waals surface area contributed by atoms with E-state index >= 15 is 0 Å². The first-order valence-corrected chi connectivity index (χ1v) is 8.94. The zero-order valence-corrected chi connectivity index (χ0v) is 13.2. The fraction of sp³-hybridized carbons (Fsp3) is 0.500. The van der Waals surface area contributed by atoms with Crippen molar-refractivity contribution in [1.29, 1.82) is 0 Å². The van der Waals surface area contributed by atoms with Crippen molar-refractivity contribution in [2.75, 3.05) is 19.3 Å². The van der Waals surface area contributed by atoms with Crippen LogP contribution in [0.15, 0.2) is 24.3 Å². The molecule has 1 aliphatic rings. The zero-order valence-electron chi connectivity index (χ0n) is 12.4. The Labute approximate surface area is 129 Å². The zero-order chi connectivity index (χ0) is 16.2. The summed E-state index contributed by atoms with van der Waals surface area (Å²) in [5.74, 6) is -0.449. The molecule has 0 aliphatic heterocycles. The molecule has 1 saturated carbocycles. The molecule has 0 aromatic heterocycles. The molecule has 1 aromatic carbocycles. The minimum atomic E-state index is -3.49. The lowest BCUT2D eigenvalue weighted by molar-refractivity contribution is 0.239. The van der Waals surface area contributed by atoms with E-state index in [2.05, 4.69) is 10.6 Å². The van der Waals surface area contributed by atoms with E-state index in [1.165, 1.54) is 6.07 Å². The summed E-state index contributed by atoms with van der Waals surface area (Å²) in [6, 6.07) is 5.97. The van der Waals surface area contributed by atoms with Crippen LogP contribution in [0.3, 0.4) is 0 Å². The number of carbonyl (C=O) groups is 1. The Morgan fingerprint density at radius 3 is 2.64 bits per heavy atom. The first kappa shape index (κ1) is 16.7. The normalized spacial score (nSPS) is 14.9. The first-order valence-electron chi connectivity index (χ1n) is 7.09. The van der Waals surface area contributed by atoms with Crippen molar-refractivity contribution in [3.63, 3.8) is 0 Å². The molecule has 122 valence electrons. The van der Waals surface area contributed by atoms with Gasteiger partial charge in [-0.05, 0) is 18.9 Å². The van der Waals surface area contributed by atoms with Crippen molar-refractivity contribution in [3.05, 3.63) is 35.6 Å². The predicted octanol–water partition coefficient (Wildman–Crippen LogP) is 1.05. The van der Waals surface area contributed by atoms with Crippen LogP contribution in [0.4, 0.5) is 9.18 Å². The lowest BCUT2D eigenvalue weighted by Gasteiger charge is -2.20. The minimum Gasteiger partial charge on any atom is -0.337 e. The average Bonchev–Trinajstić information content (AvgIpc) is 3.22. The monoisotopic (exact) mass is 329 g/mol. The number of nitrogens with zero attached hydrogens (tertiary/aromatic N) is 1. The Kier molecular flexibility index (Phi) is 5.36. The van der Waals surface area contributed by atoms with Gasteiger partial charge in [0.15, 0.2) is 0 Å². The van der Waals surface area contributed by atoms with E-state index in [1.807, 2.05) is 0 Å². The quantitative estimate of drug-likeness (QED) is 0.785. The lowest BCUT2D eigenvalue weighted by atomic mass is 10.2. The van der Waals surface area contributed by atoms with E-state index in [9.17, 15) is 17.6 Å². The molecule has 2 N–H and O–H groups in total. The molecule has 1 aromatic rings. The summed E-state index contributed by atoms with van der Waals surface area (Å²) < 4.78 is 38.4.